The van der Waals surface area contributed by atoms with Crippen molar-refractivity contribution in [3.63, 3.8) is 0 Å². The molecule has 3 aromatic rings. The largest absolute Gasteiger partial charge is 0.408 e. The molecule has 2 N–H and O–H groups in total. The van der Waals surface area contributed by atoms with Crippen molar-refractivity contribution in [1.29, 1.82) is 0 Å². The molecule has 0 amide bonds. The van der Waals surface area contributed by atoms with E-state index in [0.717, 1.165) is 19.3 Å². The maximum absolute atomic E-state index is 13.9. The quantitative estimate of drug-likeness (QED) is 0.589. The van der Waals surface area contributed by atoms with E-state index >= 15 is 0 Å². The molecule has 0 radical (unpaired) electrons. The van der Waals surface area contributed by atoms with Crippen LogP contribution in [0.15, 0.2) is 47.7 Å². The highest BCUT2D eigenvalue weighted by molar-refractivity contribution is 5.84. The second-order valence-corrected chi connectivity index (χ2v) is 8.72. The minimum atomic E-state index is -4.47. The van der Waals surface area contributed by atoms with E-state index in [1.54, 1.807) is 28.9 Å². The lowest BCUT2D eigenvalue weighted by Crippen LogP contribution is -2.34. The maximum Gasteiger partial charge on any atom is 0.408 e. The minimum absolute atomic E-state index is 0.0371. The van der Waals surface area contributed by atoms with Crippen LogP contribution in [0.5, 0.6) is 0 Å². The van der Waals surface area contributed by atoms with E-state index in [9.17, 15) is 18.0 Å². The lowest BCUT2D eigenvalue weighted by molar-refractivity contribution is -0.158. The van der Waals surface area contributed by atoms with Crippen LogP contribution in [-0.4, -0.2) is 20.9 Å². The number of hydrogen-bond acceptors (Lipinski definition) is 3. The molecular formula is C23H27F3N4O. The Balaban J connectivity index is 1.55. The van der Waals surface area contributed by atoms with Gasteiger partial charge in [-0.3, -0.25) is 14.8 Å². The summed E-state index contributed by atoms with van der Waals surface area (Å²) in [7, 11) is 0. The van der Waals surface area contributed by atoms with Crippen LogP contribution < -0.4 is 10.9 Å². The van der Waals surface area contributed by atoms with Gasteiger partial charge in [0.15, 0.2) is 0 Å². The molecule has 8 heteroatoms. The van der Waals surface area contributed by atoms with Crippen LogP contribution in [0.2, 0.25) is 0 Å². The van der Waals surface area contributed by atoms with Gasteiger partial charge in [-0.25, -0.2) is 0 Å². The van der Waals surface area contributed by atoms with Gasteiger partial charge in [0.25, 0.3) is 5.56 Å². The fourth-order valence-electron chi connectivity index (χ4n) is 4.51. The van der Waals surface area contributed by atoms with E-state index in [-0.39, 0.29) is 23.7 Å². The van der Waals surface area contributed by atoms with Gasteiger partial charge < -0.3 is 4.98 Å². The van der Waals surface area contributed by atoms with E-state index in [1.807, 2.05) is 0 Å². The summed E-state index contributed by atoms with van der Waals surface area (Å²) in [5.41, 5.74) is 0.448. The molecule has 1 aliphatic carbocycles. The molecule has 4 unspecified atom stereocenters. The number of aromatic amines is 1. The molecule has 1 fully saturated rings. The molecule has 2 heterocycles. The van der Waals surface area contributed by atoms with E-state index < -0.39 is 12.2 Å². The summed E-state index contributed by atoms with van der Waals surface area (Å²) >= 11 is 0. The van der Waals surface area contributed by atoms with Crippen LogP contribution in [0, 0.1) is 11.8 Å². The fraction of sp³-hybridized carbons (Fsp3) is 0.478. The molecule has 1 aromatic carbocycles. The van der Waals surface area contributed by atoms with Crippen LogP contribution in [0.3, 0.4) is 0 Å². The third-order valence-electron chi connectivity index (χ3n) is 6.62. The third kappa shape index (κ3) is 4.54. The van der Waals surface area contributed by atoms with Crippen LogP contribution in [-0.2, 0) is 6.54 Å². The third-order valence-corrected chi connectivity index (χ3v) is 6.62. The average molecular weight is 432 g/mol. The Hall–Kier alpha value is -2.61. The van der Waals surface area contributed by atoms with Gasteiger partial charge in [-0.2, -0.15) is 18.3 Å². The van der Waals surface area contributed by atoms with Gasteiger partial charge >= 0.3 is 6.18 Å². The Kier molecular flexibility index (Phi) is 5.92. The van der Waals surface area contributed by atoms with Gasteiger partial charge in [0, 0.05) is 29.9 Å². The van der Waals surface area contributed by atoms with Gasteiger partial charge in [-0.05, 0) is 48.1 Å². The van der Waals surface area contributed by atoms with Crippen molar-refractivity contribution in [3.8, 4) is 0 Å². The zero-order valence-electron chi connectivity index (χ0n) is 17.6. The Morgan fingerprint density at radius 2 is 1.94 bits per heavy atom. The minimum Gasteiger partial charge on any atom is -0.328 e. The molecule has 4 rings (SSSR count). The highest BCUT2D eigenvalue weighted by Gasteiger charge is 2.41. The second-order valence-electron chi connectivity index (χ2n) is 8.72. The zero-order valence-corrected chi connectivity index (χ0v) is 17.6. The van der Waals surface area contributed by atoms with Crippen molar-refractivity contribution in [1.82, 2.24) is 20.1 Å². The molecular weight excluding hydrogens is 405 g/mol. The van der Waals surface area contributed by atoms with Gasteiger partial charge in [0.1, 0.15) is 6.04 Å². The maximum atomic E-state index is 13.9. The number of hydrogen-bond donors (Lipinski definition) is 2. The first-order valence-corrected chi connectivity index (χ1v) is 10.7. The van der Waals surface area contributed by atoms with E-state index in [4.69, 9.17) is 0 Å². The first-order valence-electron chi connectivity index (χ1n) is 10.7. The van der Waals surface area contributed by atoms with Crippen LogP contribution in [0.25, 0.3) is 10.8 Å². The summed E-state index contributed by atoms with van der Waals surface area (Å²) in [6, 6.07) is 5.20. The standard InChI is InChI=1S/C23H27F3N4O/c1-14-7-8-18(9-15(14)2)30-13-17(12-29-30)21(23(24,25)26)27-10-16-11-28-22(31)20-6-4-3-5-19(16)20/h3-6,11-15,18,21,27H,7-10H2,1-2H3,(H,28,31). The number of nitrogens with zero attached hydrogens (tertiary/aromatic N) is 2. The topological polar surface area (TPSA) is 62.7 Å². The number of fused-ring (bicyclic) bond motifs is 1. The number of alkyl halides is 3. The first-order chi connectivity index (χ1) is 14.7. The van der Waals surface area contributed by atoms with E-state index in [0.29, 0.717) is 28.2 Å². The number of pyridine rings is 1. The summed E-state index contributed by atoms with van der Waals surface area (Å²) in [5.74, 6) is 1.15. The molecule has 0 bridgehead atoms. The summed E-state index contributed by atoms with van der Waals surface area (Å²) in [5, 5.41) is 8.01. The Morgan fingerprint density at radius 3 is 2.65 bits per heavy atom. The molecule has 1 saturated carbocycles. The number of rotatable bonds is 5. The monoisotopic (exact) mass is 432 g/mol. The predicted molar refractivity (Wildman–Crippen MR) is 114 cm³/mol. The van der Waals surface area contributed by atoms with Crippen LogP contribution in [0.1, 0.15) is 56.3 Å². The molecule has 0 aliphatic heterocycles. The number of aromatic nitrogens is 3. The number of nitrogens with one attached hydrogen (secondary N) is 2. The molecule has 0 spiro atoms. The molecule has 4 atom stereocenters. The van der Waals surface area contributed by atoms with Crippen molar-refractivity contribution in [2.24, 2.45) is 11.8 Å². The Morgan fingerprint density at radius 1 is 1.19 bits per heavy atom. The number of halogens is 3. The second kappa shape index (κ2) is 8.49. The summed E-state index contributed by atoms with van der Waals surface area (Å²) in [6.45, 7) is 4.37. The summed E-state index contributed by atoms with van der Waals surface area (Å²) in [4.78, 5) is 14.6. The SMILES string of the molecule is CC1CCC(n2cc(C(NCc3c[nH]c(=O)c4ccccc34)C(F)(F)F)cn2)CC1C. The number of benzene rings is 1. The zero-order chi connectivity index (χ0) is 22.2. The van der Waals surface area contributed by atoms with Gasteiger partial charge in [-0.1, -0.05) is 32.0 Å². The highest BCUT2D eigenvalue weighted by atomic mass is 19.4. The molecule has 2 aromatic heterocycles. The summed E-state index contributed by atoms with van der Waals surface area (Å²) in [6.07, 6.45) is 2.76. The van der Waals surface area contributed by atoms with Crippen molar-refractivity contribution in [3.05, 3.63) is 64.3 Å². The smallest absolute Gasteiger partial charge is 0.328 e. The van der Waals surface area contributed by atoms with Crippen molar-refractivity contribution in [2.45, 2.75) is 57.9 Å². The van der Waals surface area contributed by atoms with E-state index in [1.165, 1.54) is 18.6 Å². The Bertz CT molecular complexity index is 1100. The molecule has 166 valence electrons. The van der Waals surface area contributed by atoms with Crippen molar-refractivity contribution >= 4 is 10.8 Å². The van der Waals surface area contributed by atoms with Crippen molar-refractivity contribution in [2.75, 3.05) is 0 Å². The molecule has 5 nitrogen and oxygen atoms in total. The Labute approximate surface area is 178 Å². The summed E-state index contributed by atoms with van der Waals surface area (Å²) < 4.78 is 43.4. The lowest BCUT2D eigenvalue weighted by Gasteiger charge is -2.32. The van der Waals surface area contributed by atoms with Gasteiger partial charge in [0.05, 0.1) is 12.2 Å². The lowest BCUT2D eigenvalue weighted by atomic mass is 9.79. The predicted octanol–water partition coefficient (Wildman–Crippen LogP) is 5.12. The molecule has 1 aliphatic rings. The molecule has 0 saturated heterocycles. The van der Waals surface area contributed by atoms with Crippen molar-refractivity contribution < 1.29 is 13.2 Å². The molecule has 31 heavy (non-hydrogen) atoms. The normalized spacial score (nSPS) is 23.2. The fourth-order valence-corrected chi connectivity index (χ4v) is 4.51. The van der Waals surface area contributed by atoms with Crippen LogP contribution >= 0.6 is 0 Å². The van der Waals surface area contributed by atoms with E-state index in [2.05, 4.69) is 29.2 Å². The van der Waals surface area contributed by atoms with Gasteiger partial charge in [0.2, 0.25) is 0 Å². The highest BCUT2D eigenvalue weighted by Crippen LogP contribution is 2.38. The van der Waals surface area contributed by atoms with Crippen LogP contribution in [0.4, 0.5) is 13.2 Å². The first kappa shape index (κ1) is 21.6. The van der Waals surface area contributed by atoms with Gasteiger partial charge in [-0.15, -0.1) is 0 Å². The number of H-pyrrole nitrogens is 1. The average Bonchev–Trinajstić information content (AvgIpc) is 3.20.